The van der Waals surface area contributed by atoms with Crippen LogP contribution >= 0.6 is 0 Å². The Hall–Kier alpha value is -1.70. The molecule has 0 aliphatic rings. The quantitative estimate of drug-likeness (QED) is 0.723. The number of hydrogen-bond acceptors (Lipinski definition) is 7. The molecule has 0 saturated heterocycles. The molecule has 0 fully saturated rings. The highest BCUT2D eigenvalue weighted by atomic mass is 16.5. The molecular formula is C11H15N3O4. The molecule has 2 aromatic heterocycles. The first kappa shape index (κ1) is 12.7. The number of aliphatic hydroxyl groups excluding tert-OH is 2. The first-order valence-corrected chi connectivity index (χ1v) is 5.64. The molecule has 0 saturated carbocycles. The number of aliphatic hydroxyl groups is 2. The highest BCUT2D eigenvalue weighted by Gasteiger charge is 2.13. The number of nitrogens with zero attached hydrogens (tertiary/aromatic N) is 3. The van der Waals surface area contributed by atoms with Gasteiger partial charge in [-0.1, -0.05) is 5.16 Å². The van der Waals surface area contributed by atoms with E-state index in [1.54, 1.807) is 12.1 Å². The van der Waals surface area contributed by atoms with Gasteiger partial charge in [0, 0.05) is 13.1 Å². The summed E-state index contributed by atoms with van der Waals surface area (Å²) in [7, 11) is 0. The van der Waals surface area contributed by atoms with Crippen molar-refractivity contribution in [1.82, 2.24) is 15.0 Å². The Morgan fingerprint density at radius 3 is 2.61 bits per heavy atom. The normalized spacial score (nSPS) is 11.3. The van der Waals surface area contributed by atoms with Crippen molar-refractivity contribution in [2.45, 2.75) is 6.54 Å². The second-order valence-electron chi connectivity index (χ2n) is 3.71. The van der Waals surface area contributed by atoms with Gasteiger partial charge in [-0.05, 0) is 12.1 Å². The zero-order chi connectivity index (χ0) is 12.8. The van der Waals surface area contributed by atoms with Gasteiger partial charge in [0.2, 0.25) is 11.7 Å². The molecule has 0 radical (unpaired) electrons. The smallest absolute Gasteiger partial charge is 0.241 e. The van der Waals surface area contributed by atoms with Gasteiger partial charge < -0.3 is 19.2 Å². The largest absolute Gasteiger partial charge is 0.461 e. The summed E-state index contributed by atoms with van der Waals surface area (Å²) in [5.74, 6) is 1.35. The van der Waals surface area contributed by atoms with Gasteiger partial charge in [0.05, 0.1) is 26.0 Å². The standard InChI is InChI=1S/C11H15N3O4/c15-5-3-14(4-6-16)8-10-12-11(13-18-10)9-2-1-7-17-9/h1-2,7,15-16H,3-6,8H2. The average Bonchev–Trinajstić information content (AvgIpc) is 2.98. The molecule has 2 aromatic rings. The minimum absolute atomic E-state index is 0.0131. The lowest BCUT2D eigenvalue weighted by atomic mass is 10.4. The molecule has 0 spiro atoms. The first-order valence-electron chi connectivity index (χ1n) is 5.64. The van der Waals surface area contributed by atoms with E-state index >= 15 is 0 Å². The zero-order valence-electron chi connectivity index (χ0n) is 9.82. The maximum atomic E-state index is 8.89. The van der Waals surface area contributed by atoms with Crippen molar-refractivity contribution in [3.05, 3.63) is 24.3 Å². The van der Waals surface area contributed by atoms with Crippen LogP contribution in [0.25, 0.3) is 11.6 Å². The van der Waals surface area contributed by atoms with Crippen LogP contribution in [0.2, 0.25) is 0 Å². The Morgan fingerprint density at radius 2 is 2.00 bits per heavy atom. The van der Waals surface area contributed by atoms with Crippen molar-refractivity contribution in [1.29, 1.82) is 0 Å². The summed E-state index contributed by atoms with van der Waals surface area (Å²) < 4.78 is 10.2. The van der Waals surface area contributed by atoms with E-state index in [0.29, 0.717) is 37.1 Å². The van der Waals surface area contributed by atoms with Crippen molar-refractivity contribution in [2.75, 3.05) is 26.3 Å². The Labute approximate surface area is 104 Å². The van der Waals surface area contributed by atoms with Gasteiger partial charge in [0.25, 0.3) is 0 Å². The Bertz CT molecular complexity index is 449. The molecule has 0 unspecified atom stereocenters. The second kappa shape index (κ2) is 6.29. The van der Waals surface area contributed by atoms with Crippen molar-refractivity contribution < 1.29 is 19.2 Å². The predicted molar refractivity (Wildman–Crippen MR) is 61.4 cm³/mol. The van der Waals surface area contributed by atoms with E-state index in [2.05, 4.69) is 10.1 Å². The molecule has 2 heterocycles. The SMILES string of the molecule is OCCN(CCO)Cc1nc(-c2ccco2)no1. The molecule has 0 aliphatic heterocycles. The van der Waals surface area contributed by atoms with E-state index in [1.807, 2.05) is 4.90 Å². The van der Waals surface area contributed by atoms with Gasteiger partial charge in [0.15, 0.2) is 5.76 Å². The molecule has 2 rings (SSSR count). The molecule has 0 amide bonds. The Morgan fingerprint density at radius 1 is 1.22 bits per heavy atom. The average molecular weight is 253 g/mol. The summed E-state index contributed by atoms with van der Waals surface area (Å²) in [4.78, 5) is 6.00. The van der Waals surface area contributed by atoms with Crippen LogP contribution in [0.5, 0.6) is 0 Å². The topological polar surface area (TPSA) is 95.8 Å². The Kier molecular flexibility index (Phi) is 4.46. The fourth-order valence-corrected chi connectivity index (χ4v) is 1.57. The summed E-state index contributed by atoms with van der Waals surface area (Å²) in [6.45, 7) is 1.30. The third-order valence-electron chi connectivity index (χ3n) is 2.40. The number of hydrogen-bond donors (Lipinski definition) is 2. The molecule has 2 N–H and O–H groups in total. The second-order valence-corrected chi connectivity index (χ2v) is 3.71. The molecule has 18 heavy (non-hydrogen) atoms. The lowest BCUT2D eigenvalue weighted by Crippen LogP contribution is -2.29. The van der Waals surface area contributed by atoms with E-state index in [0.717, 1.165) is 0 Å². The molecular weight excluding hydrogens is 238 g/mol. The van der Waals surface area contributed by atoms with Crippen molar-refractivity contribution in [3.63, 3.8) is 0 Å². The summed E-state index contributed by atoms with van der Waals surface area (Å²) in [5.41, 5.74) is 0. The number of aromatic nitrogens is 2. The van der Waals surface area contributed by atoms with Gasteiger partial charge in [-0.3, -0.25) is 4.90 Å². The highest BCUT2D eigenvalue weighted by molar-refractivity contribution is 5.44. The van der Waals surface area contributed by atoms with Crippen molar-refractivity contribution in [2.24, 2.45) is 0 Å². The highest BCUT2D eigenvalue weighted by Crippen LogP contribution is 2.16. The fraction of sp³-hybridized carbons (Fsp3) is 0.455. The van der Waals surface area contributed by atoms with E-state index in [-0.39, 0.29) is 13.2 Å². The van der Waals surface area contributed by atoms with Gasteiger partial charge in [-0.25, -0.2) is 0 Å². The third-order valence-corrected chi connectivity index (χ3v) is 2.40. The van der Waals surface area contributed by atoms with Gasteiger partial charge in [0.1, 0.15) is 0 Å². The number of furan rings is 1. The van der Waals surface area contributed by atoms with Crippen LogP contribution in [0, 0.1) is 0 Å². The minimum atomic E-state index is 0.0131. The fourth-order valence-electron chi connectivity index (χ4n) is 1.57. The van der Waals surface area contributed by atoms with Crippen LogP contribution in [-0.4, -0.2) is 51.6 Å². The van der Waals surface area contributed by atoms with Gasteiger partial charge in [-0.2, -0.15) is 4.98 Å². The first-order chi connectivity index (χ1) is 8.83. The van der Waals surface area contributed by atoms with Crippen LogP contribution in [0.4, 0.5) is 0 Å². The Balaban J connectivity index is 2.01. The lowest BCUT2D eigenvalue weighted by molar-refractivity contribution is 0.143. The number of rotatable bonds is 7. The summed E-state index contributed by atoms with van der Waals surface area (Å²) in [5, 5.41) is 21.6. The van der Waals surface area contributed by atoms with E-state index in [1.165, 1.54) is 6.26 Å². The minimum Gasteiger partial charge on any atom is -0.461 e. The molecule has 0 aliphatic carbocycles. The third kappa shape index (κ3) is 3.16. The summed E-state index contributed by atoms with van der Waals surface area (Å²) in [6.07, 6.45) is 1.54. The molecule has 98 valence electrons. The maximum absolute atomic E-state index is 8.89. The van der Waals surface area contributed by atoms with Crippen molar-refractivity contribution >= 4 is 0 Å². The van der Waals surface area contributed by atoms with Crippen molar-refractivity contribution in [3.8, 4) is 11.6 Å². The monoisotopic (exact) mass is 253 g/mol. The zero-order valence-corrected chi connectivity index (χ0v) is 9.82. The van der Waals surface area contributed by atoms with E-state index in [4.69, 9.17) is 19.2 Å². The van der Waals surface area contributed by atoms with Crippen LogP contribution in [0.3, 0.4) is 0 Å². The molecule has 0 bridgehead atoms. The van der Waals surface area contributed by atoms with Gasteiger partial charge in [-0.15, -0.1) is 0 Å². The lowest BCUT2D eigenvalue weighted by Gasteiger charge is -2.17. The predicted octanol–water partition coefficient (Wildman–Crippen LogP) is 0.116. The summed E-state index contributed by atoms with van der Waals surface area (Å²) in [6, 6.07) is 3.49. The van der Waals surface area contributed by atoms with E-state index < -0.39 is 0 Å². The molecule has 7 nitrogen and oxygen atoms in total. The van der Waals surface area contributed by atoms with Crippen LogP contribution in [0.1, 0.15) is 5.89 Å². The van der Waals surface area contributed by atoms with E-state index in [9.17, 15) is 0 Å². The maximum Gasteiger partial charge on any atom is 0.241 e. The van der Waals surface area contributed by atoms with Crippen LogP contribution in [0.15, 0.2) is 27.3 Å². The van der Waals surface area contributed by atoms with Gasteiger partial charge >= 0.3 is 0 Å². The van der Waals surface area contributed by atoms with Crippen LogP contribution in [-0.2, 0) is 6.54 Å². The molecule has 0 atom stereocenters. The molecule has 7 heteroatoms. The summed E-state index contributed by atoms with van der Waals surface area (Å²) >= 11 is 0. The molecule has 0 aromatic carbocycles. The van der Waals surface area contributed by atoms with Crippen LogP contribution < -0.4 is 0 Å².